The standard InChI is InChI=1S/C9H4Cl3F3N2O3/c10-5-1-4(19-9(13,14)15)2-6(11)8(5)17-16-3-7(18)20-12/h1-3,17H. The van der Waals surface area contributed by atoms with E-state index in [9.17, 15) is 18.0 Å². The number of hydrazone groups is 1. The predicted molar refractivity (Wildman–Crippen MR) is 67.2 cm³/mol. The van der Waals surface area contributed by atoms with Crippen LogP contribution in [0.2, 0.25) is 10.0 Å². The van der Waals surface area contributed by atoms with Gasteiger partial charge < -0.3 is 9.03 Å². The van der Waals surface area contributed by atoms with Crippen LogP contribution >= 0.6 is 35.1 Å². The summed E-state index contributed by atoms with van der Waals surface area (Å²) in [5, 5.41) is 2.97. The zero-order valence-electron chi connectivity index (χ0n) is 9.17. The number of ether oxygens (including phenoxy) is 1. The Kier molecular flexibility index (Phi) is 5.73. The fourth-order valence-corrected chi connectivity index (χ4v) is 1.61. The molecule has 0 amide bonds. The Balaban J connectivity index is 2.89. The molecule has 0 aliphatic heterocycles. The topological polar surface area (TPSA) is 59.9 Å². The molecule has 0 unspecified atom stereocenters. The van der Waals surface area contributed by atoms with E-state index in [0.29, 0.717) is 6.21 Å². The molecule has 0 radical (unpaired) electrons. The first-order valence-corrected chi connectivity index (χ1v) is 5.66. The fraction of sp³-hybridized carbons (Fsp3) is 0.111. The number of rotatable bonds is 4. The van der Waals surface area contributed by atoms with E-state index in [2.05, 4.69) is 19.6 Å². The van der Waals surface area contributed by atoms with Gasteiger partial charge in [0.2, 0.25) is 0 Å². The first kappa shape index (κ1) is 16.7. The summed E-state index contributed by atoms with van der Waals surface area (Å²) in [6.45, 7) is 0. The Morgan fingerprint density at radius 3 is 2.30 bits per heavy atom. The summed E-state index contributed by atoms with van der Waals surface area (Å²) in [5.74, 6) is -1.56. The summed E-state index contributed by atoms with van der Waals surface area (Å²) >= 11 is 16.1. The summed E-state index contributed by atoms with van der Waals surface area (Å²) in [4.78, 5) is 10.6. The third kappa shape index (κ3) is 5.32. The highest BCUT2D eigenvalue weighted by atomic mass is 35.5. The van der Waals surface area contributed by atoms with Crippen molar-refractivity contribution < 1.29 is 27.0 Å². The van der Waals surface area contributed by atoms with Crippen molar-refractivity contribution in [2.75, 3.05) is 5.43 Å². The van der Waals surface area contributed by atoms with E-state index in [1.54, 1.807) is 0 Å². The molecule has 0 aliphatic carbocycles. The molecule has 0 fully saturated rings. The minimum atomic E-state index is -4.87. The third-order valence-corrected chi connectivity index (χ3v) is 2.42. The summed E-state index contributed by atoms with van der Waals surface area (Å²) in [5.41, 5.74) is 2.22. The number of nitrogens with zero attached hydrogens (tertiary/aromatic N) is 1. The predicted octanol–water partition coefficient (Wildman–Crippen LogP) is 3.99. The molecule has 0 bridgehead atoms. The SMILES string of the molecule is O=C(C=NNc1c(Cl)cc(OC(F)(F)F)cc1Cl)OCl. The van der Waals surface area contributed by atoms with Gasteiger partial charge in [-0.1, -0.05) is 23.2 Å². The highest BCUT2D eigenvalue weighted by Crippen LogP contribution is 2.36. The number of hydrogen-bond acceptors (Lipinski definition) is 5. The van der Waals surface area contributed by atoms with Crippen LogP contribution in [0.4, 0.5) is 18.9 Å². The minimum absolute atomic E-state index is 0.0264. The summed E-state index contributed by atoms with van der Waals surface area (Å²) in [6.07, 6.45) is -4.20. The molecule has 0 saturated carbocycles. The number of hydrogen-bond donors (Lipinski definition) is 1. The number of alkyl halides is 3. The minimum Gasteiger partial charge on any atom is -0.406 e. The van der Waals surface area contributed by atoms with Gasteiger partial charge in [0, 0.05) is 12.1 Å². The van der Waals surface area contributed by atoms with E-state index < -0.39 is 18.1 Å². The summed E-state index contributed by atoms with van der Waals surface area (Å²) < 4.78 is 43.5. The van der Waals surface area contributed by atoms with Crippen LogP contribution in [-0.2, 0) is 9.08 Å². The van der Waals surface area contributed by atoms with Gasteiger partial charge in [-0.3, -0.25) is 5.43 Å². The highest BCUT2D eigenvalue weighted by molar-refractivity contribution is 6.39. The van der Waals surface area contributed by atoms with E-state index in [1.165, 1.54) is 0 Å². The lowest BCUT2D eigenvalue weighted by atomic mass is 10.3. The highest BCUT2D eigenvalue weighted by Gasteiger charge is 2.31. The first-order valence-electron chi connectivity index (χ1n) is 4.59. The molecule has 110 valence electrons. The van der Waals surface area contributed by atoms with Crippen molar-refractivity contribution in [1.29, 1.82) is 0 Å². The molecule has 0 aromatic heterocycles. The third-order valence-electron chi connectivity index (χ3n) is 1.67. The lowest BCUT2D eigenvalue weighted by Crippen LogP contribution is -2.17. The van der Waals surface area contributed by atoms with Gasteiger partial charge in [-0.25, -0.2) is 4.79 Å². The molecule has 0 spiro atoms. The molecule has 0 heterocycles. The van der Waals surface area contributed by atoms with Crippen LogP contribution in [0.5, 0.6) is 5.75 Å². The van der Waals surface area contributed by atoms with Crippen molar-refractivity contribution in [3.8, 4) is 5.75 Å². The molecule has 0 atom stereocenters. The van der Waals surface area contributed by atoms with Gasteiger partial charge in [0.25, 0.3) is 0 Å². The van der Waals surface area contributed by atoms with E-state index in [4.69, 9.17) is 35.1 Å². The van der Waals surface area contributed by atoms with Crippen molar-refractivity contribution in [2.24, 2.45) is 5.10 Å². The van der Waals surface area contributed by atoms with Gasteiger partial charge in [-0.15, -0.1) is 13.2 Å². The quantitative estimate of drug-likeness (QED) is 0.658. The lowest BCUT2D eigenvalue weighted by Gasteiger charge is -2.12. The second-order valence-corrected chi connectivity index (χ2v) is 4.04. The Bertz CT molecular complexity index is 514. The van der Waals surface area contributed by atoms with E-state index in [-0.39, 0.29) is 15.7 Å². The maximum absolute atomic E-state index is 12.0. The van der Waals surface area contributed by atoms with Crippen LogP contribution in [0.15, 0.2) is 17.2 Å². The number of carbonyl (C=O) groups is 1. The first-order chi connectivity index (χ1) is 9.23. The fourth-order valence-electron chi connectivity index (χ4n) is 1.02. The number of anilines is 1. The summed E-state index contributed by atoms with van der Waals surface area (Å²) in [6, 6.07) is 1.75. The van der Waals surface area contributed by atoms with Crippen LogP contribution in [0, 0.1) is 0 Å². The van der Waals surface area contributed by atoms with Gasteiger partial charge in [0.15, 0.2) is 0 Å². The van der Waals surface area contributed by atoms with Gasteiger partial charge >= 0.3 is 12.3 Å². The molecule has 20 heavy (non-hydrogen) atoms. The van der Waals surface area contributed by atoms with Gasteiger partial charge in [0.1, 0.15) is 23.8 Å². The van der Waals surface area contributed by atoms with Crippen LogP contribution < -0.4 is 10.2 Å². The zero-order valence-corrected chi connectivity index (χ0v) is 11.4. The summed E-state index contributed by atoms with van der Waals surface area (Å²) in [7, 11) is 0. The lowest BCUT2D eigenvalue weighted by molar-refractivity contribution is -0.274. The number of nitrogens with one attached hydrogen (secondary N) is 1. The average Bonchev–Trinajstić information content (AvgIpc) is 2.30. The van der Waals surface area contributed by atoms with Crippen molar-refractivity contribution in [2.45, 2.75) is 6.36 Å². The van der Waals surface area contributed by atoms with E-state index in [0.717, 1.165) is 12.1 Å². The molecule has 1 rings (SSSR count). The maximum Gasteiger partial charge on any atom is 0.573 e. The average molecular weight is 351 g/mol. The van der Waals surface area contributed by atoms with Crippen molar-refractivity contribution >= 4 is 52.9 Å². The van der Waals surface area contributed by atoms with Gasteiger partial charge in [-0.2, -0.15) is 5.10 Å². The zero-order chi connectivity index (χ0) is 15.3. The number of benzene rings is 1. The number of halogens is 6. The molecule has 0 saturated heterocycles. The molecule has 0 aliphatic rings. The molecule has 1 aromatic carbocycles. The van der Waals surface area contributed by atoms with Crippen LogP contribution in [0.25, 0.3) is 0 Å². The van der Waals surface area contributed by atoms with E-state index in [1.807, 2.05) is 0 Å². The van der Waals surface area contributed by atoms with E-state index >= 15 is 0 Å². The largest absolute Gasteiger partial charge is 0.573 e. The van der Waals surface area contributed by atoms with Crippen LogP contribution in [0.1, 0.15) is 0 Å². The molecule has 1 aromatic rings. The number of carbonyl (C=O) groups excluding carboxylic acids is 1. The molecule has 1 N–H and O–H groups in total. The van der Waals surface area contributed by atoms with Crippen molar-refractivity contribution in [3.05, 3.63) is 22.2 Å². The van der Waals surface area contributed by atoms with Crippen LogP contribution in [-0.4, -0.2) is 18.5 Å². The Labute approximate surface area is 125 Å². The Hall–Kier alpha value is -1.38. The second-order valence-electron chi connectivity index (χ2n) is 3.08. The van der Waals surface area contributed by atoms with Crippen molar-refractivity contribution in [1.82, 2.24) is 0 Å². The molecule has 5 nitrogen and oxygen atoms in total. The van der Waals surface area contributed by atoms with Crippen molar-refractivity contribution in [3.63, 3.8) is 0 Å². The maximum atomic E-state index is 12.0. The Morgan fingerprint density at radius 1 is 1.30 bits per heavy atom. The van der Waals surface area contributed by atoms with Gasteiger partial charge in [-0.05, 0) is 0 Å². The molecular weight excluding hydrogens is 347 g/mol. The normalized spacial score (nSPS) is 11.5. The smallest absolute Gasteiger partial charge is 0.406 e. The van der Waals surface area contributed by atoms with Crippen LogP contribution in [0.3, 0.4) is 0 Å². The van der Waals surface area contributed by atoms with Gasteiger partial charge in [0.05, 0.1) is 15.7 Å². The monoisotopic (exact) mass is 350 g/mol. The Morgan fingerprint density at radius 2 is 1.85 bits per heavy atom. The molecular formula is C9H4Cl3F3N2O3. The molecule has 11 heteroatoms. The second kappa shape index (κ2) is 6.87.